The van der Waals surface area contributed by atoms with E-state index in [2.05, 4.69) is 5.32 Å². The lowest BCUT2D eigenvalue weighted by Crippen LogP contribution is -1.96. The first-order valence-corrected chi connectivity index (χ1v) is 5.41. The van der Waals surface area contributed by atoms with Crippen LogP contribution < -0.4 is 11.1 Å². The number of nitrogens with zero attached hydrogens (tertiary/aromatic N) is 2. The Morgan fingerprint density at radius 3 is 2.58 bits per heavy atom. The molecular weight excluding hydrogens is 244 g/mol. The summed E-state index contributed by atoms with van der Waals surface area (Å²) in [6, 6.07) is 13.2. The lowest BCUT2D eigenvalue weighted by Gasteiger charge is -2.07. The molecular formula is C13H10N4O2. The van der Waals surface area contributed by atoms with Crippen LogP contribution in [0.25, 0.3) is 0 Å². The molecule has 0 saturated heterocycles. The monoisotopic (exact) mass is 254 g/mol. The summed E-state index contributed by atoms with van der Waals surface area (Å²) in [5, 5.41) is 22.6. The van der Waals surface area contributed by atoms with Gasteiger partial charge >= 0.3 is 0 Å². The molecule has 0 unspecified atom stereocenters. The number of nitro benzene ring substituents is 1. The third-order valence-corrected chi connectivity index (χ3v) is 2.49. The molecule has 2 aromatic rings. The van der Waals surface area contributed by atoms with Crippen molar-refractivity contribution < 1.29 is 4.92 Å². The van der Waals surface area contributed by atoms with Gasteiger partial charge in [-0.15, -0.1) is 0 Å². The molecule has 0 amide bonds. The highest BCUT2D eigenvalue weighted by Gasteiger charge is 2.13. The summed E-state index contributed by atoms with van der Waals surface area (Å²) in [4.78, 5) is 10.1. The van der Waals surface area contributed by atoms with Crippen molar-refractivity contribution in [1.82, 2.24) is 0 Å². The van der Waals surface area contributed by atoms with Crippen LogP contribution in [0.4, 0.5) is 22.7 Å². The van der Waals surface area contributed by atoms with E-state index in [1.54, 1.807) is 24.3 Å². The van der Waals surface area contributed by atoms with Gasteiger partial charge in [0.1, 0.15) is 11.6 Å². The summed E-state index contributed by atoms with van der Waals surface area (Å²) in [6.07, 6.45) is 0. The number of nitrogens with two attached hydrogens (primary N) is 1. The van der Waals surface area contributed by atoms with Gasteiger partial charge in [0.15, 0.2) is 0 Å². The van der Waals surface area contributed by atoms with Gasteiger partial charge in [-0.3, -0.25) is 10.1 Å². The van der Waals surface area contributed by atoms with Crippen LogP contribution in [0.3, 0.4) is 0 Å². The third kappa shape index (κ3) is 2.79. The van der Waals surface area contributed by atoms with Gasteiger partial charge in [0.25, 0.3) is 5.69 Å². The van der Waals surface area contributed by atoms with E-state index in [1.807, 2.05) is 12.1 Å². The van der Waals surface area contributed by atoms with E-state index < -0.39 is 4.92 Å². The molecule has 0 aliphatic carbocycles. The molecule has 0 heterocycles. The van der Waals surface area contributed by atoms with Crippen molar-refractivity contribution in [2.45, 2.75) is 0 Å². The first-order valence-electron chi connectivity index (χ1n) is 5.41. The maximum atomic E-state index is 10.7. The zero-order valence-electron chi connectivity index (χ0n) is 9.83. The van der Waals surface area contributed by atoms with Crippen LogP contribution in [0, 0.1) is 21.4 Å². The fourth-order valence-electron chi connectivity index (χ4n) is 1.65. The van der Waals surface area contributed by atoms with Gasteiger partial charge in [-0.1, -0.05) is 6.07 Å². The summed E-state index contributed by atoms with van der Waals surface area (Å²) >= 11 is 0. The molecule has 2 aromatic carbocycles. The average molecular weight is 254 g/mol. The molecule has 6 heteroatoms. The van der Waals surface area contributed by atoms with Crippen molar-refractivity contribution in [2.24, 2.45) is 0 Å². The maximum Gasteiger partial charge on any atom is 0.287 e. The Bertz CT molecular complexity index is 677. The van der Waals surface area contributed by atoms with Crippen LogP contribution in [-0.2, 0) is 0 Å². The molecule has 0 bridgehead atoms. The fraction of sp³-hybridized carbons (Fsp3) is 0. The second-order valence-corrected chi connectivity index (χ2v) is 3.85. The normalized spacial score (nSPS) is 9.63. The Labute approximate surface area is 109 Å². The van der Waals surface area contributed by atoms with Crippen LogP contribution in [0.15, 0.2) is 42.5 Å². The molecule has 94 valence electrons. The average Bonchev–Trinajstić information content (AvgIpc) is 2.38. The van der Waals surface area contributed by atoms with Gasteiger partial charge in [0.2, 0.25) is 0 Å². The second-order valence-electron chi connectivity index (χ2n) is 3.85. The number of nitrogen functional groups attached to an aromatic ring is 1. The number of hydrogen-bond acceptors (Lipinski definition) is 5. The lowest BCUT2D eigenvalue weighted by molar-refractivity contribution is -0.385. The quantitative estimate of drug-likeness (QED) is 0.497. The number of nitro groups is 1. The summed E-state index contributed by atoms with van der Waals surface area (Å²) < 4.78 is 0. The van der Waals surface area contributed by atoms with Gasteiger partial charge in [-0.05, 0) is 30.3 Å². The minimum absolute atomic E-state index is 0.0129. The number of hydrogen-bond donors (Lipinski definition) is 2. The van der Waals surface area contributed by atoms with Crippen molar-refractivity contribution >= 4 is 22.7 Å². The predicted octanol–water partition coefficient (Wildman–Crippen LogP) is 2.79. The Kier molecular flexibility index (Phi) is 3.30. The molecule has 0 atom stereocenters. The van der Waals surface area contributed by atoms with E-state index >= 15 is 0 Å². The minimum Gasteiger partial charge on any atom is -0.399 e. The van der Waals surface area contributed by atoms with Crippen molar-refractivity contribution in [2.75, 3.05) is 11.1 Å². The molecule has 3 N–H and O–H groups in total. The third-order valence-electron chi connectivity index (χ3n) is 2.49. The van der Waals surface area contributed by atoms with E-state index in [0.717, 1.165) is 5.69 Å². The van der Waals surface area contributed by atoms with Gasteiger partial charge < -0.3 is 11.1 Å². The number of nitriles is 1. The second kappa shape index (κ2) is 5.06. The molecule has 0 aromatic heterocycles. The molecule has 19 heavy (non-hydrogen) atoms. The number of benzene rings is 2. The van der Waals surface area contributed by atoms with E-state index in [9.17, 15) is 10.1 Å². The highest BCUT2D eigenvalue weighted by atomic mass is 16.6. The minimum atomic E-state index is -0.581. The Balaban J connectivity index is 2.32. The smallest absolute Gasteiger partial charge is 0.287 e. The van der Waals surface area contributed by atoms with Crippen molar-refractivity contribution in [3.63, 3.8) is 0 Å². The summed E-state index contributed by atoms with van der Waals surface area (Å²) in [7, 11) is 0. The molecule has 0 fully saturated rings. The Morgan fingerprint density at radius 1 is 1.21 bits per heavy atom. The predicted molar refractivity (Wildman–Crippen MR) is 71.9 cm³/mol. The van der Waals surface area contributed by atoms with Crippen molar-refractivity contribution in [3.05, 3.63) is 58.1 Å². The van der Waals surface area contributed by atoms with Gasteiger partial charge in [-0.25, -0.2) is 0 Å². The topological polar surface area (TPSA) is 105 Å². The molecule has 6 nitrogen and oxygen atoms in total. The van der Waals surface area contributed by atoms with Gasteiger partial charge in [0.05, 0.1) is 4.92 Å². The first-order chi connectivity index (χ1) is 9.10. The number of nitrogens with one attached hydrogen (secondary N) is 1. The van der Waals surface area contributed by atoms with Crippen molar-refractivity contribution in [3.8, 4) is 6.07 Å². The largest absolute Gasteiger partial charge is 0.399 e. The van der Waals surface area contributed by atoms with Crippen LogP contribution in [0.2, 0.25) is 0 Å². The summed E-state index contributed by atoms with van der Waals surface area (Å²) in [5.41, 5.74) is 7.40. The standard InChI is InChI=1S/C13H10N4O2/c14-8-9-6-12(4-5-13(9)17(18)19)16-11-3-1-2-10(15)7-11/h1-7,16H,15H2. The zero-order chi connectivity index (χ0) is 13.8. The Hall–Kier alpha value is -3.07. The lowest BCUT2D eigenvalue weighted by atomic mass is 10.1. The van der Waals surface area contributed by atoms with E-state index in [0.29, 0.717) is 11.4 Å². The van der Waals surface area contributed by atoms with Gasteiger partial charge in [0, 0.05) is 23.1 Å². The molecule has 0 aliphatic heterocycles. The van der Waals surface area contributed by atoms with Crippen LogP contribution in [0.1, 0.15) is 5.56 Å². The fourth-order valence-corrected chi connectivity index (χ4v) is 1.65. The van der Waals surface area contributed by atoms with Crippen LogP contribution >= 0.6 is 0 Å². The summed E-state index contributed by atoms with van der Waals surface area (Å²) in [6.45, 7) is 0. The highest BCUT2D eigenvalue weighted by Crippen LogP contribution is 2.24. The van der Waals surface area contributed by atoms with Crippen LogP contribution in [-0.4, -0.2) is 4.92 Å². The Morgan fingerprint density at radius 2 is 1.95 bits per heavy atom. The van der Waals surface area contributed by atoms with Crippen molar-refractivity contribution in [1.29, 1.82) is 5.26 Å². The van der Waals surface area contributed by atoms with E-state index in [4.69, 9.17) is 11.0 Å². The number of anilines is 3. The maximum absolute atomic E-state index is 10.7. The number of rotatable bonds is 3. The SMILES string of the molecule is N#Cc1cc(Nc2cccc(N)c2)ccc1[N+](=O)[O-]. The first kappa shape index (κ1) is 12.4. The zero-order valence-corrected chi connectivity index (χ0v) is 9.83. The van der Waals surface area contributed by atoms with Gasteiger partial charge in [-0.2, -0.15) is 5.26 Å². The molecule has 0 saturated carbocycles. The molecule has 0 radical (unpaired) electrons. The molecule has 0 aliphatic rings. The summed E-state index contributed by atoms with van der Waals surface area (Å²) in [5.74, 6) is 0. The highest BCUT2D eigenvalue weighted by molar-refractivity contribution is 5.67. The molecule has 0 spiro atoms. The van der Waals surface area contributed by atoms with E-state index in [1.165, 1.54) is 12.1 Å². The van der Waals surface area contributed by atoms with Crippen LogP contribution in [0.5, 0.6) is 0 Å². The van der Waals surface area contributed by atoms with E-state index in [-0.39, 0.29) is 11.3 Å². The molecule has 2 rings (SSSR count).